The second-order valence-electron chi connectivity index (χ2n) is 25.2. The number of anilines is 12. The standard InChI is InChI=1S/C80H58B2N4Si/c1-51-43-61-63-44-58(83(52-27-11-5-12-28-52)53-29-13-6-14-30-53)46-72-79(63)82(67-40-24-26-42-71(67)85(72)56-35-19-9-20-36-56)69-49-65-74(87(2,3)4)50-62-64-45-59(84(54-31-15-7-16-32-54)55-33-17-8-18-34-55)47-73-80(64)81(68-48-60(51)77(75(61)69)78(65)76(62)68)66-39-23-25-41-70(66)86(73)57-37-21-10-22-38-57/h5-50H,1-4H3. The Balaban J connectivity index is 0.998. The van der Waals surface area contributed by atoms with E-state index in [4.69, 9.17) is 0 Å². The van der Waals surface area contributed by atoms with E-state index < -0.39 is 8.07 Å². The summed E-state index contributed by atoms with van der Waals surface area (Å²) in [5.41, 5.74) is 28.6. The molecule has 4 aliphatic heterocycles. The first-order valence-electron chi connectivity index (χ1n) is 30.7. The molecule has 0 amide bonds. The monoisotopic (exact) mass is 1120 g/mol. The molecule has 0 unspecified atom stereocenters. The molecule has 0 atom stereocenters. The SMILES string of the molecule is Cc1cc2c3c(cc4c([Si](C)(C)C)cc5c6c(cc1c3c46)B1c3ccccc3N(c3ccccc3)c3cc(N(c4ccccc4)c4ccccc4)cc-5c31)B1c3ccccc3N(c3ccccc3)c3cc(N(c4ccccc4)c4ccccc4)cc-2c31. The average molecular weight is 1130 g/mol. The number of hydrogen-bond acceptors (Lipinski definition) is 4. The van der Waals surface area contributed by atoms with Gasteiger partial charge in [-0.15, -0.1) is 0 Å². The minimum atomic E-state index is -2.17. The van der Waals surface area contributed by atoms with E-state index >= 15 is 0 Å². The van der Waals surface area contributed by atoms with Crippen LogP contribution in [-0.4, -0.2) is 21.5 Å². The molecule has 0 saturated carbocycles. The second-order valence-corrected chi connectivity index (χ2v) is 30.2. The molecule has 14 aromatic carbocycles. The minimum Gasteiger partial charge on any atom is -0.311 e. The van der Waals surface area contributed by atoms with Crippen molar-refractivity contribution < 1.29 is 0 Å². The molecule has 0 radical (unpaired) electrons. The number of hydrogen-bond donors (Lipinski definition) is 0. The van der Waals surface area contributed by atoms with Gasteiger partial charge >= 0.3 is 0 Å². The van der Waals surface area contributed by atoms with Crippen LogP contribution in [0.25, 0.3) is 54.6 Å². The number of aryl methyl sites for hydroxylation is 1. The van der Waals surface area contributed by atoms with Gasteiger partial charge in [0.25, 0.3) is 0 Å². The van der Waals surface area contributed by atoms with Crippen LogP contribution in [0.15, 0.2) is 279 Å². The molecule has 87 heavy (non-hydrogen) atoms. The summed E-state index contributed by atoms with van der Waals surface area (Å²) in [6.07, 6.45) is 0. The molecule has 18 rings (SSSR count). The van der Waals surface area contributed by atoms with Gasteiger partial charge in [0, 0.05) is 68.2 Å². The number of benzene rings is 14. The van der Waals surface area contributed by atoms with Crippen LogP contribution in [0.5, 0.6) is 0 Å². The van der Waals surface area contributed by atoms with Gasteiger partial charge < -0.3 is 19.6 Å². The van der Waals surface area contributed by atoms with Crippen molar-refractivity contribution in [3.63, 3.8) is 0 Å². The predicted molar refractivity (Wildman–Crippen MR) is 377 cm³/mol. The van der Waals surface area contributed by atoms with Crippen LogP contribution in [0.1, 0.15) is 5.56 Å². The van der Waals surface area contributed by atoms with Crippen molar-refractivity contribution >= 4 is 160 Å². The third-order valence-corrected chi connectivity index (χ3v) is 21.3. The van der Waals surface area contributed by atoms with E-state index in [1.807, 2.05) is 0 Å². The molecule has 4 aliphatic rings. The molecule has 4 nitrogen and oxygen atoms in total. The van der Waals surface area contributed by atoms with Crippen molar-refractivity contribution in [2.24, 2.45) is 0 Å². The molecule has 0 bridgehead atoms. The molecule has 0 aromatic heterocycles. The zero-order valence-corrected chi connectivity index (χ0v) is 50.0. The topological polar surface area (TPSA) is 13.0 Å². The van der Waals surface area contributed by atoms with Crippen LogP contribution in [0.3, 0.4) is 0 Å². The number of rotatable bonds is 9. The van der Waals surface area contributed by atoms with Gasteiger partial charge in [-0.3, -0.25) is 0 Å². The largest absolute Gasteiger partial charge is 0.311 e. The van der Waals surface area contributed by atoms with E-state index in [-0.39, 0.29) is 13.4 Å². The molecule has 0 spiro atoms. The highest BCUT2D eigenvalue weighted by Gasteiger charge is 2.46. The zero-order valence-electron chi connectivity index (χ0n) is 49.0. The lowest BCUT2D eigenvalue weighted by molar-refractivity contribution is 1.25. The van der Waals surface area contributed by atoms with E-state index in [2.05, 4.69) is 325 Å². The normalized spacial score (nSPS) is 13.2. The third-order valence-electron chi connectivity index (χ3n) is 19.3. The molecule has 7 heteroatoms. The van der Waals surface area contributed by atoms with E-state index in [0.29, 0.717) is 0 Å². The van der Waals surface area contributed by atoms with Crippen LogP contribution in [-0.2, 0) is 0 Å². The molecule has 0 N–H and O–H groups in total. The summed E-state index contributed by atoms with van der Waals surface area (Å²) in [5, 5.41) is 9.82. The fraction of sp³-hybridized carbons (Fsp3) is 0.0500. The maximum absolute atomic E-state index is 2.72. The lowest BCUT2D eigenvalue weighted by Crippen LogP contribution is -2.60. The summed E-state index contributed by atoms with van der Waals surface area (Å²) in [6.45, 7) is 10.0. The van der Waals surface area contributed by atoms with Gasteiger partial charge in [-0.05, 0) is 198 Å². The predicted octanol–water partition coefficient (Wildman–Crippen LogP) is 16.9. The average Bonchev–Trinajstić information content (AvgIpc) is 1.05. The van der Waals surface area contributed by atoms with Crippen molar-refractivity contribution in [1.82, 2.24) is 0 Å². The molecule has 0 aliphatic carbocycles. The molecule has 0 fully saturated rings. The summed E-state index contributed by atoms with van der Waals surface area (Å²) in [6, 6.07) is 105. The fourth-order valence-electron chi connectivity index (χ4n) is 15.9. The highest BCUT2D eigenvalue weighted by molar-refractivity contribution is 7.03. The highest BCUT2D eigenvalue weighted by Crippen LogP contribution is 2.52. The van der Waals surface area contributed by atoms with E-state index in [0.717, 1.165) is 45.5 Å². The van der Waals surface area contributed by atoms with Crippen molar-refractivity contribution in [2.45, 2.75) is 26.6 Å². The minimum absolute atomic E-state index is 0.0348. The first kappa shape index (κ1) is 50.0. The van der Waals surface area contributed by atoms with Crippen LogP contribution in [0.2, 0.25) is 19.6 Å². The van der Waals surface area contributed by atoms with E-state index in [9.17, 15) is 0 Å². The summed E-state index contributed by atoms with van der Waals surface area (Å²) < 4.78 is 0. The second kappa shape index (κ2) is 18.8. The Morgan fingerprint density at radius 3 is 1.07 bits per heavy atom. The quantitative estimate of drug-likeness (QED) is 0.105. The summed E-state index contributed by atoms with van der Waals surface area (Å²) in [7, 11) is -2.17. The summed E-state index contributed by atoms with van der Waals surface area (Å²) in [4.78, 5) is 10.0. The lowest BCUT2D eigenvalue weighted by atomic mass is 9.31. The van der Waals surface area contributed by atoms with Gasteiger partial charge in [0.05, 0.1) is 8.07 Å². The molecule has 4 heterocycles. The van der Waals surface area contributed by atoms with Crippen molar-refractivity contribution in [3.05, 3.63) is 285 Å². The van der Waals surface area contributed by atoms with Crippen LogP contribution in [0, 0.1) is 6.92 Å². The van der Waals surface area contributed by atoms with E-state index in [1.165, 1.54) is 121 Å². The van der Waals surface area contributed by atoms with Gasteiger partial charge in [0.2, 0.25) is 13.4 Å². The van der Waals surface area contributed by atoms with Crippen molar-refractivity contribution in [3.8, 4) is 22.3 Å². The van der Waals surface area contributed by atoms with Crippen LogP contribution in [0.4, 0.5) is 68.2 Å². The maximum Gasteiger partial charge on any atom is 0.248 e. The van der Waals surface area contributed by atoms with Crippen molar-refractivity contribution in [1.29, 1.82) is 0 Å². The Bertz CT molecular complexity index is 5040. The van der Waals surface area contributed by atoms with Crippen LogP contribution >= 0.6 is 0 Å². The lowest BCUT2D eigenvalue weighted by Gasteiger charge is -2.43. The Morgan fingerprint density at radius 1 is 0.299 bits per heavy atom. The van der Waals surface area contributed by atoms with Gasteiger partial charge in [-0.2, -0.15) is 0 Å². The first-order valence-corrected chi connectivity index (χ1v) is 34.2. The highest BCUT2D eigenvalue weighted by atomic mass is 28.3. The van der Waals surface area contributed by atoms with Gasteiger partial charge in [-0.25, -0.2) is 0 Å². The van der Waals surface area contributed by atoms with Crippen molar-refractivity contribution in [2.75, 3.05) is 19.6 Å². The molecule has 0 saturated heterocycles. The molecular formula is C80H58B2N4Si. The Morgan fingerprint density at radius 2 is 0.655 bits per heavy atom. The Hall–Kier alpha value is -10.3. The Labute approximate surface area is 510 Å². The summed E-state index contributed by atoms with van der Waals surface area (Å²) >= 11 is 0. The summed E-state index contributed by atoms with van der Waals surface area (Å²) in [5.74, 6) is 0. The van der Waals surface area contributed by atoms with E-state index in [1.54, 1.807) is 0 Å². The third kappa shape index (κ3) is 7.27. The number of nitrogens with zero attached hydrogens (tertiary/aromatic N) is 4. The molecular weight excluding hydrogens is 1070 g/mol. The van der Waals surface area contributed by atoms with Gasteiger partial charge in [-0.1, -0.05) is 206 Å². The van der Waals surface area contributed by atoms with Crippen LogP contribution < -0.4 is 57.6 Å². The van der Waals surface area contributed by atoms with Gasteiger partial charge in [0.1, 0.15) is 0 Å². The smallest absolute Gasteiger partial charge is 0.248 e. The number of fused-ring (bicyclic) bond motifs is 8. The zero-order chi connectivity index (χ0) is 57.8. The first-order chi connectivity index (χ1) is 42.8. The fourth-order valence-corrected chi connectivity index (χ4v) is 17.5. The number of para-hydroxylation sites is 8. The van der Waals surface area contributed by atoms with Gasteiger partial charge in [0.15, 0.2) is 0 Å². The molecule has 14 aromatic rings. The Kier molecular flexibility index (Phi) is 10.8. The molecule has 408 valence electrons. The maximum atomic E-state index is 2.72.